The summed E-state index contributed by atoms with van der Waals surface area (Å²) in [6.07, 6.45) is 0. The van der Waals surface area contributed by atoms with Crippen molar-refractivity contribution in [2.24, 2.45) is 0 Å². The molecule has 6 heteroatoms. The van der Waals surface area contributed by atoms with Crippen molar-refractivity contribution in [2.45, 2.75) is 19.9 Å². The molecule has 0 aliphatic carbocycles. The monoisotopic (exact) mass is 185 g/mol. The minimum atomic E-state index is -0.601. The molecule has 0 atom stereocenters. The van der Waals surface area contributed by atoms with Gasteiger partial charge in [0.25, 0.3) is 0 Å². The Balaban J connectivity index is 3.41. The first-order chi connectivity index (χ1) is 6.06. The third-order valence-corrected chi connectivity index (χ3v) is 1.55. The van der Waals surface area contributed by atoms with Crippen molar-refractivity contribution in [1.29, 1.82) is 0 Å². The molecule has 0 aliphatic heterocycles. The van der Waals surface area contributed by atoms with Crippen LogP contribution in [0.2, 0.25) is 0 Å². The number of rotatable bonds is 2. The lowest BCUT2D eigenvalue weighted by molar-refractivity contribution is 0.364. The number of hydrogen-bond acceptors (Lipinski definition) is 4. The van der Waals surface area contributed by atoms with Gasteiger partial charge < -0.3 is 4.74 Å². The fourth-order valence-electron chi connectivity index (χ4n) is 0.959. The van der Waals surface area contributed by atoms with Gasteiger partial charge in [0.05, 0.1) is 7.11 Å². The first-order valence-corrected chi connectivity index (χ1v) is 3.83. The highest BCUT2D eigenvalue weighted by Gasteiger charge is 2.08. The molecule has 0 saturated carbocycles. The molecular formula is C7H11N3O3. The molecule has 0 bridgehead atoms. The van der Waals surface area contributed by atoms with Gasteiger partial charge in [0.1, 0.15) is 0 Å². The molecule has 13 heavy (non-hydrogen) atoms. The largest absolute Gasteiger partial charge is 0.468 e. The van der Waals surface area contributed by atoms with E-state index in [1.54, 1.807) is 13.8 Å². The van der Waals surface area contributed by atoms with E-state index in [-0.39, 0.29) is 12.1 Å². The smallest absolute Gasteiger partial charge is 0.356 e. The lowest BCUT2D eigenvalue weighted by Crippen LogP contribution is -2.38. The number of nitrogens with one attached hydrogen (secondary N) is 1. The van der Waals surface area contributed by atoms with Gasteiger partial charge in [-0.05, 0) is 13.8 Å². The van der Waals surface area contributed by atoms with Gasteiger partial charge in [0.2, 0.25) is 0 Å². The average molecular weight is 185 g/mol. The maximum atomic E-state index is 11.2. The highest BCUT2D eigenvalue weighted by Crippen LogP contribution is 1.95. The van der Waals surface area contributed by atoms with Crippen LogP contribution in [0.15, 0.2) is 9.59 Å². The van der Waals surface area contributed by atoms with E-state index in [4.69, 9.17) is 0 Å². The van der Waals surface area contributed by atoms with Crippen LogP contribution >= 0.6 is 0 Å². The molecule has 0 aromatic carbocycles. The Labute approximate surface area is 74.2 Å². The Morgan fingerprint density at radius 1 is 1.46 bits per heavy atom. The lowest BCUT2D eigenvalue weighted by atomic mass is 10.4. The molecule has 0 saturated heterocycles. The maximum Gasteiger partial charge on any atom is 0.356 e. The molecule has 0 fully saturated rings. The molecule has 1 heterocycles. The Kier molecular flexibility index (Phi) is 2.50. The molecule has 0 radical (unpaired) electrons. The molecule has 1 N–H and O–H groups in total. The highest BCUT2D eigenvalue weighted by atomic mass is 16.5. The minimum Gasteiger partial charge on any atom is -0.468 e. The van der Waals surface area contributed by atoms with Gasteiger partial charge in [-0.15, -0.1) is 4.98 Å². The molecule has 0 amide bonds. The Hall–Kier alpha value is -1.59. The van der Waals surface area contributed by atoms with Crippen LogP contribution in [0.4, 0.5) is 0 Å². The third kappa shape index (κ3) is 1.77. The van der Waals surface area contributed by atoms with Crippen LogP contribution in [0.5, 0.6) is 6.01 Å². The predicted octanol–water partition coefficient (Wildman–Crippen LogP) is -0.479. The number of aromatic nitrogens is 3. The molecule has 72 valence electrons. The van der Waals surface area contributed by atoms with E-state index in [0.717, 1.165) is 4.57 Å². The second-order valence-electron chi connectivity index (χ2n) is 2.80. The van der Waals surface area contributed by atoms with Crippen LogP contribution in [0.25, 0.3) is 0 Å². The Bertz CT molecular complexity index is 373. The van der Waals surface area contributed by atoms with E-state index < -0.39 is 11.4 Å². The number of hydrogen-bond donors (Lipinski definition) is 1. The summed E-state index contributed by atoms with van der Waals surface area (Å²) in [7, 11) is 1.33. The van der Waals surface area contributed by atoms with Crippen molar-refractivity contribution in [2.75, 3.05) is 7.11 Å². The molecule has 6 nitrogen and oxygen atoms in total. The second kappa shape index (κ2) is 3.42. The third-order valence-electron chi connectivity index (χ3n) is 1.55. The van der Waals surface area contributed by atoms with Crippen LogP contribution in [-0.4, -0.2) is 21.6 Å². The summed E-state index contributed by atoms with van der Waals surface area (Å²) in [5.74, 6) is 0. The zero-order valence-corrected chi connectivity index (χ0v) is 7.70. The number of nitrogens with zero attached hydrogens (tertiary/aromatic N) is 2. The first kappa shape index (κ1) is 9.50. The minimum absolute atomic E-state index is 0.0631. The van der Waals surface area contributed by atoms with Crippen LogP contribution < -0.4 is 16.1 Å². The van der Waals surface area contributed by atoms with E-state index in [0.29, 0.717) is 0 Å². The molecular weight excluding hydrogens is 174 g/mol. The summed E-state index contributed by atoms with van der Waals surface area (Å²) in [5, 5.41) is 0. The molecule has 0 aliphatic rings. The maximum absolute atomic E-state index is 11.2. The van der Waals surface area contributed by atoms with Gasteiger partial charge in [-0.25, -0.2) is 14.2 Å². The fraction of sp³-hybridized carbons (Fsp3) is 0.571. The zero-order chi connectivity index (χ0) is 10.0. The number of ether oxygens (including phenoxy) is 1. The van der Waals surface area contributed by atoms with Crippen LogP contribution in [0.3, 0.4) is 0 Å². The lowest BCUT2D eigenvalue weighted by Gasteiger charge is -2.06. The van der Waals surface area contributed by atoms with Crippen LogP contribution in [0.1, 0.15) is 19.9 Å². The molecule has 0 spiro atoms. The molecule has 0 unspecified atom stereocenters. The highest BCUT2D eigenvalue weighted by molar-refractivity contribution is 4.89. The SMILES string of the molecule is COc1nc(=O)n(C(C)C)c(=O)[nH]1. The van der Waals surface area contributed by atoms with Gasteiger partial charge in [-0.3, -0.25) is 4.98 Å². The van der Waals surface area contributed by atoms with Crippen molar-refractivity contribution < 1.29 is 4.74 Å². The summed E-state index contributed by atoms with van der Waals surface area (Å²) in [6.45, 7) is 3.45. The zero-order valence-electron chi connectivity index (χ0n) is 7.70. The quantitative estimate of drug-likeness (QED) is 0.675. The fourth-order valence-corrected chi connectivity index (χ4v) is 0.959. The van der Waals surface area contributed by atoms with E-state index in [9.17, 15) is 9.59 Å². The summed E-state index contributed by atoms with van der Waals surface area (Å²) in [5.41, 5.74) is -1.11. The predicted molar refractivity (Wildman–Crippen MR) is 46.1 cm³/mol. The van der Waals surface area contributed by atoms with Crippen molar-refractivity contribution in [1.82, 2.24) is 14.5 Å². The first-order valence-electron chi connectivity index (χ1n) is 3.83. The van der Waals surface area contributed by atoms with E-state index >= 15 is 0 Å². The van der Waals surface area contributed by atoms with Crippen molar-refractivity contribution >= 4 is 0 Å². The summed E-state index contributed by atoms with van der Waals surface area (Å²) in [4.78, 5) is 28.3. The van der Waals surface area contributed by atoms with E-state index in [2.05, 4.69) is 14.7 Å². The number of methoxy groups -OCH3 is 1. The standard InChI is InChI=1S/C7H11N3O3/c1-4(2)10-6(11)8-5(13-3)9-7(10)12/h4H,1-3H3,(H,8,9,11,12). The van der Waals surface area contributed by atoms with E-state index in [1.807, 2.05) is 0 Å². The summed E-state index contributed by atoms with van der Waals surface area (Å²) >= 11 is 0. The van der Waals surface area contributed by atoms with Crippen molar-refractivity contribution in [3.63, 3.8) is 0 Å². The van der Waals surface area contributed by atoms with Crippen LogP contribution in [0, 0.1) is 0 Å². The molecule has 1 aromatic rings. The van der Waals surface area contributed by atoms with Gasteiger partial charge in [0.15, 0.2) is 0 Å². The Morgan fingerprint density at radius 3 is 2.46 bits per heavy atom. The van der Waals surface area contributed by atoms with Crippen molar-refractivity contribution in [3.8, 4) is 6.01 Å². The van der Waals surface area contributed by atoms with Gasteiger partial charge in [0, 0.05) is 6.04 Å². The molecule has 1 rings (SSSR count). The van der Waals surface area contributed by atoms with Crippen molar-refractivity contribution in [3.05, 3.63) is 21.0 Å². The number of H-pyrrole nitrogens is 1. The van der Waals surface area contributed by atoms with Crippen LogP contribution in [-0.2, 0) is 0 Å². The van der Waals surface area contributed by atoms with Gasteiger partial charge in [-0.2, -0.15) is 0 Å². The molecule has 1 aromatic heterocycles. The van der Waals surface area contributed by atoms with Gasteiger partial charge >= 0.3 is 17.4 Å². The summed E-state index contributed by atoms with van der Waals surface area (Å²) < 4.78 is 5.65. The van der Waals surface area contributed by atoms with E-state index in [1.165, 1.54) is 7.11 Å². The topological polar surface area (TPSA) is 77.0 Å². The normalized spacial score (nSPS) is 10.5. The summed E-state index contributed by atoms with van der Waals surface area (Å²) in [6, 6.07) is -0.276. The number of aromatic amines is 1. The average Bonchev–Trinajstić information content (AvgIpc) is 2.02. The second-order valence-corrected chi connectivity index (χ2v) is 2.80. The van der Waals surface area contributed by atoms with Gasteiger partial charge in [-0.1, -0.05) is 0 Å². The Morgan fingerprint density at radius 2 is 2.08 bits per heavy atom.